The normalized spacial score (nSPS) is 11.7. The molecule has 0 fully saturated rings. The van der Waals surface area contributed by atoms with E-state index in [0.29, 0.717) is 0 Å². The van der Waals surface area contributed by atoms with Gasteiger partial charge in [0.05, 0.1) is 26.4 Å². The van der Waals surface area contributed by atoms with Crippen molar-refractivity contribution in [1.82, 2.24) is 0 Å². The topological polar surface area (TPSA) is 49.7 Å². The highest BCUT2D eigenvalue weighted by molar-refractivity contribution is 5.13. The summed E-state index contributed by atoms with van der Waals surface area (Å²) in [5.74, 6) is 0. The quantitative estimate of drug-likeness (QED) is 0.739. The minimum Gasteiger partial charge on any atom is -0.393 e. The first-order chi connectivity index (χ1) is 7.20. The van der Waals surface area contributed by atoms with Crippen LogP contribution in [0.3, 0.4) is 0 Å². The zero-order chi connectivity index (χ0) is 11.1. The van der Waals surface area contributed by atoms with Crippen LogP contribution >= 0.6 is 0 Å². The molecule has 0 heterocycles. The van der Waals surface area contributed by atoms with E-state index in [2.05, 4.69) is 0 Å². The molecule has 0 aromatic heterocycles. The monoisotopic (exact) mass is 214 g/mol. The predicted molar refractivity (Wildman–Crippen MR) is 54.1 cm³/mol. The lowest BCUT2D eigenvalue weighted by atomic mass is 10.1. The zero-order valence-corrected chi connectivity index (χ0v) is 8.40. The fourth-order valence-corrected chi connectivity index (χ4v) is 1.07. The third-order valence-corrected chi connectivity index (χ3v) is 2.04. The van der Waals surface area contributed by atoms with Gasteiger partial charge in [-0.25, -0.2) is 4.39 Å². The number of hydrogen-bond acceptors (Lipinski definition) is 3. The molecule has 1 aromatic rings. The maximum absolute atomic E-state index is 13.3. The van der Waals surface area contributed by atoms with E-state index < -0.39 is 18.9 Å². The van der Waals surface area contributed by atoms with Crippen molar-refractivity contribution in [3.05, 3.63) is 35.9 Å². The third-order valence-electron chi connectivity index (χ3n) is 2.04. The van der Waals surface area contributed by atoms with E-state index in [0.717, 1.165) is 5.56 Å². The highest BCUT2D eigenvalue weighted by Crippen LogP contribution is 2.11. The number of halogens is 1. The van der Waals surface area contributed by atoms with Crippen LogP contribution in [0.1, 0.15) is 5.56 Å². The van der Waals surface area contributed by atoms with Crippen LogP contribution in [0.2, 0.25) is 0 Å². The molecule has 2 N–H and O–H groups in total. The van der Waals surface area contributed by atoms with Crippen molar-refractivity contribution in [2.75, 3.05) is 19.8 Å². The molecule has 0 radical (unpaired) electrons. The Morgan fingerprint density at radius 3 is 2.27 bits per heavy atom. The molecular formula is C11H15FO3. The predicted octanol–water partition coefficient (Wildman–Crippen LogP) is 0.896. The Hall–Kier alpha value is -0.970. The smallest absolute Gasteiger partial charge is 0.179 e. The summed E-state index contributed by atoms with van der Waals surface area (Å²) in [6.45, 7) is -1.52. The Morgan fingerprint density at radius 2 is 1.73 bits per heavy atom. The van der Waals surface area contributed by atoms with Crippen LogP contribution in [-0.2, 0) is 11.3 Å². The average molecular weight is 214 g/mol. The molecule has 0 atom stereocenters. The van der Waals surface area contributed by atoms with Crippen molar-refractivity contribution in [3.63, 3.8) is 0 Å². The molecule has 0 aliphatic rings. The molecule has 4 heteroatoms. The van der Waals surface area contributed by atoms with Gasteiger partial charge in [0.25, 0.3) is 0 Å². The molecule has 0 aliphatic heterocycles. The van der Waals surface area contributed by atoms with Gasteiger partial charge in [-0.15, -0.1) is 0 Å². The Morgan fingerprint density at radius 1 is 1.13 bits per heavy atom. The van der Waals surface area contributed by atoms with Gasteiger partial charge < -0.3 is 14.9 Å². The van der Waals surface area contributed by atoms with Crippen molar-refractivity contribution in [3.8, 4) is 0 Å². The molecule has 0 aliphatic carbocycles. The van der Waals surface area contributed by atoms with Gasteiger partial charge >= 0.3 is 0 Å². The Bertz CT molecular complexity index is 272. The summed E-state index contributed by atoms with van der Waals surface area (Å²) in [4.78, 5) is 0. The summed E-state index contributed by atoms with van der Waals surface area (Å²) in [6, 6.07) is 9.32. The second kappa shape index (κ2) is 5.80. The van der Waals surface area contributed by atoms with Gasteiger partial charge in [0, 0.05) is 0 Å². The van der Waals surface area contributed by atoms with Gasteiger partial charge in [-0.1, -0.05) is 30.3 Å². The molecule has 0 amide bonds. The zero-order valence-electron chi connectivity index (χ0n) is 8.40. The molecule has 84 valence electrons. The summed E-state index contributed by atoms with van der Waals surface area (Å²) in [5.41, 5.74) is -1.12. The maximum Gasteiger partial charge on any atom is 0.179 e. The largest absolute Gasteiger partial charge is 0.393 e. The molecule has 0 unspecified atom stereocenters. The van der Waals surface area contributed by atoms with Crippen LogP contribution in [0.5, 0.6) is 0 Å². The van der Waals surface area contributed by atoms with Gasteiger partial charge in [0.15, 0.2) is 5.67 Å². The number of aliphatic hydroxyl groups is 2. The summed E-state index contributed by atoms with van der Waals surface area (Å²) >= 11 is 0. The van der Waals surface area contributed by atoms with Crippen molar-refractivity contribution in [2.45, 2.75) is 12.3 Å². The van der Waals surface area contributed by atoms with E-state index in [9.17, 15) is 4.39 Å². The molecule has 0 saturated heterocycles. The van der Waals surface area contributed by atoms with E-state index in [-0.39, 0.29) is 13.2 Å². The molecule has 1 rings (SSSR count). The van der Waals surface area contributed by atoms with Crippen LogP contribution < -0.4 is 0 Å². The minimum atomic E-state index is -2.05. The third kappa shape index (κ3) is 3.95. The number of alkyl halides is 1. The lowest BCUT2D eigenvalue weighted by molar-refractivity contribution is -0.0554. The highest BCUT2D eigenvalue weighted by atomic mass is 19.1. The van der Waals surface area contributed by atoms with Crippen LogP contribution in [0, 0.1) is 0 Å². The lowest BCUT2D eigenvalue weighted by Gasteiger charge is -2.19. The first kappa shape index (κ1) is 12.1. The van der Waals surface area contributed by atoms with E-state index in [1.165, 1.54) is 0 Å². The second-order valence-corrected chi connectivity index (χ2v) is 3.45. The minimum absolute atomic E-state index is 0.270. The molecule has 3 nitrogen and oxygen atoms in total. The fourth-order valence-electron chi connectivity index (χ4n) is 1.07. The van der Waals surface area contributed by atoms with Crippen molar-refractivity contribution >= 4 is 0 Å². The molecule has 0 bridgehead atoms. The fraction of sp³-hybridized carbons (Fsp3) is 0.455. The number of benzene rings is 1. The van der Waals surface area contributed by atoms with Gasteiger partial charge in [0.1, 0.15) is 0 Å². The summed E-state index contributed by atoms with van der Waals surface area (Å²) in [5, 5.41) is 17.3. The van der Waals surface area contributed by atoms with Crippen LogP contribution in [0.25, 0.3) is 0 Å². The number of rotatable bonds is 6. The first-order valence-electron chi connectivity index (χ1n) is 4.72. The van der Waals surface area contributed by atoms with E-state index in [1.54, 1.807) is 0 Å². The average Bonchev–Trinajstić information content (AvgIpc) is 2.30. The lowest BCUT2D eigenvalue weighted by Crippen LogP contribution is -2.37. The molecular weight excluding hydrogens is 199 g/mol. The summed E-state index contributed by atoms with van der Waals surface area (Å²) in [7, 11) is 0. The number of hydrogen-bond donors (Lipinski definition) is 2. The van der Waals surface area contributed by atoms with Crippen molar-refractivity contribution in [2.24, 2.45) is 0 Å². The van der Waals surface area contributed by atoms with Gasteiger partial charge in [0.2, 0.25) is 0 Å². The van der Waals surface area contributed by atoms with Gasteiger partial charge in [-0.05, 0) is 5.56 Å². The van der Waals surface area contributed by atoms with Crippen molar-refractivity contribution in [1.29, 1.82) is 0 Å². The number of ether oxygens (including phenoxy) is 1. The Labute approximate surface area is 88.1 Å². The van der Waals surface area contributed by atoms with Gasteiger partial charge in [-0.3, -0.25) is 0 Å². The van der Waals surface area contributed by atoms with E-state index in [4.69, 9.17) is 14.9 Å². The highest BCUT2D eigenvalue weighted by Gasteiger charge is 2.28. The Balaban J connectivity index is 2.33. The van der Waals surface area contributed by atoms with E-state index >= 15 is 0 Å². The summed E-state index contributed by atoms with van der Waals surface area (Å²) in [6.07, 6.45) is 0. The van der Waals surface area contributed by atoms with Gasteiger partial charge in [-0.2, -0.15) is 0 Å². The van der Waals surface area contributed by atoms with Crippen LogP contribution in [0.4, 0.5) is 4.39 Å². The maximum atomic E-state index is 13.3. The standard InChI is InChI=1S/C11H15FO3/c12-11(7-13,8-14)9-15-6-10-4-2-1-3-5-10/h1-5,13-14H,6-9H2. The molecule has 1 aromatic carbocycles. The second-order valence-electron chi connectivity index (χ2n) is 3.45. The van der Waals surface area contributed by atoms with E-state index in [1.807, 2.05) is 30.3 Å². The number of aliphatic hydroxyl groups excluding tert-OH is 2. The SMILES string of the molecule is OCC(F)(CO)COCc1ccccc1. The molecule has 15 heavy (non-hydrogen) atoms. The first-order valence-corrected chi connectivity index (χ1v) is 4.72. The summed E-state index contributed by atoms with van der Waals surface area (Å²) < 4.78 is 18.4. The molecule has 0 spiro atoms. The Kier molecular flexibility index (Phi) is 4.68. The van der Waals surface area contributed by atoms with Crippen LogP contribution in [0.15, 0.2) is 30.3 Å². The van der Waals surface area contributed by atoms with Crippen molar-refractivity contribution < 1.29 is 19.3 Å². The molecule has 0 saturated carbocycles. The van der Waals surface area contributed by atoms with Crippen LogP contribution in [-0.4, -0.2) is 35.7 Å².